The molecule has 0 bridgehead atoms. The van der Waals surface area contributed by atoms with Gasteiger partial charge in [0.25, 0.3) is 5.91 Å². The summed E-state index contributed by atoms with van der Waals surface area (Å²) < 4.78 is 7.44. The lowest BCUT2D eigenvalue weighted by molar-refractivity contribution is 0.0819. The Morgan fingerprint density at radius 3 is 2.14 bits per heavy atom. The number of benzene rings is 2. The van der Waals surface area contributed by atoms with Gasteiger partial charge in [0.15, 0.2) is 0 Å². The Morgan fingerprint density at radius 2 is 1.54 bits per heavy atom. The van der Waals surface area contributed by atoms with Gasteiger partial charge in [0.1, 0.15) is 0 Å². The average Bonchev–Trinajstić information content (AvgIpc) is 3.29. The molecule has 144 valence electrons. The van der Waals surface area contributed by atoms with Gasteiger partial charge in [-0.05, 0) is 73.5 Å². The minimum Gasteiger partial charge on any atom is -0.381 e. The highest BCUT2D eigenvalue weighted by atomic mass is 16.5. The molecule has 0 aliphatic carbocycles. The van der Waals surface area contributed by atoms with Crippen molar-refractivity contribution in [3.63, 3.8) is 0 Å². The van der Waals surface area contributed by atoms with E-state index in [1.54, 1.807) is 7.11 Å². The fourth-order valence-corrected chi connectivity index (χ4v) is 3.60. The van der Waals surface area contributed by atoms with Crippen LogP contribution in [0.2, 0.25) is 0 Å². The highest BCUT2D eigenvalue weighted by molar-refractivity contribution is 6.04. The van der Waals surface area contributed by atoms with E-state index in [2.05, 4.69) is 22.3 Å². The number of piperidine rings is 1. The van der Waals surface area contributed by atoms with E-state index in [1.165, 1.54) is 5.69 Å². The predicted octanol–water partition coefficient (Wildman–Crippen LogP) is 4.34. The first-order valence-corrected chi connectivity index (χ1v) is 9.65. The Balaban J connectivity index is 1.37. The van der Waals surface area contributed by atoms with Crippen LogP contribution in [0.15, 0.2) is 73.1 Å². The highest BCUT2D eigenvalue weighted by Gasteiger charge is 2.18. The Morgan fingerprint density at radius 1 is 0.929 bits per heavy atom. The van der Waals surface area contributed by atoms with E-state index >= 15 is 0 Å². The Hall–Kier alpha value is -3.05. The number of aromatic nitrogens is 1. The van der Waals surface area contributed by atoms with Crippen molar-refractivity contribution in [1.29, 1.82) is 0 Å². The van der Waals surface area contributed by atoms with E-state index in [0.717, 1.165) is 37.3 Å². The number of rotatable bonds is 5. The van der Waals surface area contributed by atoms with Gasteiger partial charge in [0.2, 0.25) is 0 Å². The second kappa shape index (κ2) is 8.31. The van der Waals surface area contributed by atoms with Crippen LogP contribution in [0, 0.1) is 0 Å². The largest absolute Gasteiger partial charge is 0.381 e. The fourth-order valence-electron chi connectivity index (χ4n) is 3.60. The fraction of sp³-hybridized carbons (Fsp3) is 0.261. The van der Waals surface area contributed by atoms with Gasteiger partial charge in [-0.25, -0.2) is 0 Å². The molecule has 0 atom stereocenters. The Bertz CT molecular complexity index is 894. The van der Waals surface area contributed by atoms with Crippen LogP contribution >= 0.6 is 0 Å². The normalized spacial score (nSPS) is 14.8. The molecule has 0 saturated carbocycles. The zero-order valence-electron chi connectivity index (χ0n) is 16.0. The summed E-state index contributed by atoms with van der Waals surface area (Å²) in [5.74, 6) is -0.104. The molecule has 1 N–H and O–H groups in total. The highest BCUT2D eigenvalue weighted by Crippen LogP contribution is 2.23. The standard InChI is InChI=1S/C23H25N3O2/c1-28-22-12-16-26(17-13-22)21-10-6-19(7-11-21)24-23(27)18-4-8-20(9-5-18)25-14-2-3-15-25/h2-11,14-15,22H,12-13,16-17H2,1H3,(H,24,27). The smallest absolute Gasteiger partial charge is 0.255 e. The van der Waals surface area contributed by atoms with Crippen LogP contribution in [0.1, 0.15) is 23.2 Å². The number of carbonyl (C=O) groups is 1. The molecule has 3 aromatic rings. The molecule has 1 aliphatic heterocycles. The SMILES string of the molecule is COC1CCN(c2ccc(NC(=O)c3ccc(-n4cccc4)cc3)cc2)CC1. The second-order valence-corrected chi connectivity index (χ2v) is 7.06. The van der Waals surface area contributed by atoms with Crippen molar-refractivity contribution < 1.29 is 9.53 Å². The molecular formula is C23H25N3O2. The van der Waals surface area contributed by atoms with Crippen molar-refractivity contribution in [3.05, 3.63) is 78.6 Å². The first kappa shape index (κ1) is 18.3. The van der Waals surface area contributed by atoms with Crippen LogP contribution in [0.5, 0.6) is 0 Å². The number of methoxy groups -OCH3 is 1. The number of ether oxygens (including phenoxy) is 1. The quantitative estimate of drug-likeness (QED) is 0.721. The van der Waals surface area contributed by atoms with Gasteiger partial charge in [-0.15, -0.1) is 0 Å². The summed E-state index contributed by atoms with van der Waals surface area (Å²) in [5.41, 5.74) is 3.66. The van der Waals surface area contributed by atoms with Crippen LogP contribution in [0.3, 0.4) is 0 Å². The summed E-state index contributed by atoms with van der Waals surface area (Å²) in [6.45, 7) is 2.00. The molecule has 5 heteroatoms. The minimum atomic E-state index is -0.104. The monoisotopic (exact) mass is 375 g/mol. The molecule has 1 saturated heterocycles. The first-order chi connectivity index (χ1) is 13.7. The maximum atomic E-state index is 12.5. The number of hydrogen-bond acceptors (Lipinski definition) is 3. The van der Waals surface area contributed by atoms with Crippen molar-refractivity contribution in [1.82, 2.24) is 4.57 Å². The van der Waals surface area contributed by atoms with Gasteiger partial charge in [0.05, 0.1) is 6.10 Å². The molecule has 1 amide bonds. The summed E-state index contributed by atoms with van der Waals surface area (Å²) in [5, 5.41) is 2.97. The zero-order valence-corrected chi connectivity index (χ0v) is 16.0. The summed E-state index contributed by atoms with van der Waals surface area (Å²) in [7, 11) is 1.78. The molecular weight excluding hydrogens is 350 g/mol. The van der Waals surface area contributed by atoms with Crippen LogP contribution in [-0.4, -0.2) is 36.8 Å². The molecule has 0 spiro atoms. The summed E-state index contributed by atoms with van der Waals surface area (Å²) >= 11 is 0. The second-order valence-electron chi connectivity index (χ2n) is 7.06. The van der Waals surface area contributed by atoms with E-state index in [1.807, 2.05) is 65.5 Å². The van der Waals surface area contributed by atoms with E-state index in [4.69, 9.17) is 4.74 Å². The van der Waals surface area contributed by atoms with Crippen LogP contribution in [0.25, 0.3) is 5.69 Å². The topological polar surface area (TPSA) is 46.5 Å². The number of nitrogens with zero attached hydrogens (tertiary/aromatic N) is 2. The minimum absolute atomic E-state index is 0.104. The van der Waals surface area contributed by atoms with Crippen molar-refractivity contribution in [2.45, 2.75) is 18.9 Å². The van der Waals surface area contributed by atoms with Gasteiger partial charge in [-0.3, -0.25) is 4.79 Å². The molecule has 1 fully saturated rings. The average molecular weight is 375 g/mol. The van der Waals surface area contributed by atoms with Crippen molar-refractivity contribution in [3.8, 4) is 5.69 Å². The third-order valence-corrected chi connectivity index (χ3v) is 5.30. The summed E-state index contributed by atoms with van der Waals surface area (Å²) in [4.78, 5) is 14.9. The van der Waals surface area contributed by atoms with Crippen LogP contribution < -0.4 is 10.2 Å². The maximum Gasteiger partial charge on any atom is 0.255 e. The zero-order chi connectivity index (χ0) is 19.3. The van der Waals surface area contributed by atoms with Crippen molar-refractivity contribution in [2.75, 3.05) is 30.4 Å². The third kappa shape index (κ3) is 4.10. The van der Waals surface area contributed by atoms with Crippen LogP contribution in [0.4, 0.5) is 11.4 Å². The molecule has 1 aliphatic rings. The molecule has 0 unspecified atom stereocenters. The van der Waals surface area contributed by atoms with Gasteiger partial charge in [-0.2, -0.15) is 0 Å². The van der Waals surface area contributed by atoms with Gasteiger partial charge >= 0.3 is 0 Å². The molecule has 5 nitrogen and oxygen atoms in total. The van der Waals surface area contributed by atoms with Crippen LogP contribution in [-0.2, 0) is 4.74 Å². The number of nitrogens with one attached hydrogen (secondary N) is 1. The molecule has 0 radical (unpaired) electrons. The van der Waals surface area contributed by atoms with E-state index < -0.39 is 0 Å². The third-order valence-electron chi connectivity index (χ3n) is 5.30. The lowest BCUT2D eigenvalue weighted by atomic mass is 10.1. The number of anilines is 2. The van der Waals surface area contributed by atoms with E-state index in [0.29, 0.717) is 11.7 Å². The van der Waals surface area contributed by atoms with E-state index in [9.17, 15) is 4.79 Å². The molecule has 2 heterocycles. The van der Waals surface area contributed by atoms with Gasteiger partial charge in [-0.1, -0.05) is 0 Å². The van der Waals surface area contributed by atoms with Crippen molar-refractivity contribution in [2.24, 2.45) is 0 Å². The Kier molecular flexibility index (Phi) is 5.44. The number of amides is 1. The molecule has 1 aromatic heterocycles. The van der Waals surface area contributed by atoms with Gasteiger partial charge in [0, 0.05) is 55.2 Å². The van der Waals surface area contributed by atoms with Gasteiger partial charge < -0.3 is 19.5 Å². The number of hydrogen-bond donors (Lipinski definition) is 1. The number of carbonyl (C=O) groups excluding carboxylic acids is 1. The maximum absolute atomic E-state index is 12.5. The summed E-state index contributed by atoms with van der Waals surface area (Å²) in [6.07, 6.45) is 6.43. The lowest BCUT2D eigenvalue weighted by Crippen LogP contribution is -2.36. The molecule has 4 rings (SSSR count). The predicted molar refractivity (Wildman–Crippen MR) is 112 cm³/mol. The lowest BCUT2D eigenvalue weighted by Gasteiger charge is -2.33. The van der Waals surface area contributed by atoms with E-state index in [-0.39, 0.29) is 5.91 Å². The molecule has 2 aromatic carbocycles. The summed E-state index contributed by atoms with van der Waals surface area (Å²) in [6, 6.07) is 19.6. The van der Waals surface area contributed by atoms with Crippen molar-refractivity contribution >= 4 is 17.3 Å². The Labute approximate surface area is 165 Å². The first-order valence-electron chi connectivity index (χ1n) is 9.65. The molecule has 28 heavy (non-hydrogen) atoms.